The van der Waals surface area contributed by atoms with Crippen LogP contribution in [0.3, 0.4) is 0 Å². The maximum atomic E-state index is 9.37. The molecule has 104 valence electrons. The Morgan fingerprint density at radius 3 is 2.80 bits per heavy atom. The number of ether oxygens (including phenoxy) is 1. The molecule has 1 N–H and O–H groups in total. The predicted molar refractivity (Wildman–Crippen MR) is 77.1 cm³/mol. The first-order valence-electron chi connectivity index (χ1n) is 6.57. The average molecular weight is 272 g/mol. The molecule has 1 aromatic carbocycles. The molecule has 0 saturated carbocycles. The van der Waals surface area contributed by atoms with Gasteiger partial charge in [-0.25, -0.2) is 0 Å². The first-order valence-corrected chi connectivity index (χ1v) is 6.57. The van der Waals surface area contributed by atoms with Crippen LogP contribution in [0.4, 0.5) is 11.6 Å². The Morgan fingerprint density at radius 2 is 2.00 bits per heavy atom. The summed E-state index contributed by atoms with van der Waals surface area (Å²) in [6.45, 7) is 3.15. The summed E-state index contributed by atoms with van der Waals surface area (Å²) in [5, 5.41) is 9.37. The number of phenols is 1. The second kappa shape index (κ2) is 5.79. The third-order valence-electron chi connectivity index (χ3n) is 3.11. The molecular weight excluding hydrogens is 256 g/mol. The van der Waals surface area contributed by atoms with Gasteiger partial charge in [0, 0.05) is 25.2 Å². The number of morpholine rings is 1. The van der Waals surface area contributed by atoms with E-state index in [1.807, 2.05) is 18.2 Å². The van der Waals surface area contributed by atoms with Gasteiger partial charge in [-0.1, -0.05) is 6.07 Å². The van der Waals surface area contributed by atoms with Crippen molar-refractivity contribution >= 4 is 17.8 Å². The maximum Gasteiger partial charge on any atom is 0.196 e. The van der Waals surface area contributed by atoms with E-state index in [0.717, 1.165) is 32.2 Å². The number of hydrogen-bond donors (Lipinski definition) is 1. The minimum atomic E-state index is 0.202. The van der Waals surface area contributed by atoms with Gasteiger partial charge in [-0.2, -0.15) is 0 Å². The predicted octanol–water partition coefficient (Wildman–Crippen LogP) is 2.57. The van der Waals surface area contributed by atoms with E-state index in [9.17, 15) is 5.11 Å². The van der Waals surface area contributed by atoms with E-state index in [2.05, 4.69) is 9.89 Å². The molecule has 0 unspecified atom stereocenters. The summed E-state index contributed by atoms with van der Waals surface area (Å²) in [5.41, 5.74) is 0.689. The molecule has 1 fully saturated rings. The first kappa shape index (κ1) is 12.7. The summed E-state index contributed by atoms with van der Waals surface area (Å²) >= 11 is 0. The molecule has 0 atom stereocenters. The van der Waals surface area contributed by atoms with Crippen molar-refractivity contribution in [2.75, 3.05) is 31.2 Å². The molecule has 1 saturated heterocycles. The zero-order valence-corrected chi connectivity index (χ0v) is 11.0. The largest absolute Gasteiger partial charge is 0.508 e. The van der Waals surface area contributed by atoms with Crippen molar-refractivity contribution in [2.24, 2.45) is 4.99 Å². The molecule has 0 radical (unpaired) electrons. The van der Waals surface area contributed by atoms with Crippen molar-refractivity contribution in [1.82, 2.24) is 0 Å². The Balaban J connectivity index is 1.70. The van der Waals surface area contributed by atoms with Crippen LogP contribution in [-0.2, 0) is 4.74 Å². The second-order valence-electron chi connectivity index (χ2n) is 4.55. The van der Waals surface area contributed by atoms with E-state index in [-0.39, 0.29) is 5.75 Å². The van der Waals surface area contributed by atoms with Crippen LogP contribution in [0.1, 0.15) is 5.76 Å². The highest BCUT2D eigenvalue weighted by Gasteiger charge is 2.13. The summed E-state index contributed by atoms with van der Waals surface area (Å²) in [4.78, 5) is 6.42. The number of nitrogens with zero attached hydrogens (tertiary/aromatic N) is 2. The van der Waals surface area contributed by atoms with Gasteiger partial charge in [0.2, 0.25) is 0 Å². The quantitative estimate of drug-likeness (QED) is 0.872. The molecule has 5 nitrogen and oxygen atoms in total. The molecule has 5 heteroatoms. The summed E-state index contributed by atoms with van der Waals surface area (Å²) in [7, 11) is 0. The van der Waals surface area contributed by atoms with Gasteiger partial charge >= 0.3 is 0 Å². The summed E-state index contributed by atoms with van der Waals surface area (Å²) in [5.74, 6) is 1.73. The highest BCUT2D eigenvalue weighted by Crippen LogP contribution is 2.21. The lowest BCUT2D eigenvalue weighted by molar-refractivity contribution is 0.120. The van der Waals surface area contributed by atoms with E-state index in [1.165, 1.54) is 0 Å². The normalized spacial score (nSPS) is 15.9. The smallest absolute Gasteiger partial charge is 0.196 e. The fourth-order valence-corrected chi connectivity index (χ4v) is 2.08. The molecule has 0 spiro atoms. The minimum absolute atomic E-state index is 0.202. The van der Waals surface area contributed by atoms with Crippen molar-refractivity contribution in [3.8, 4) is 5.75 Å². The van der Waals surface area contributed by atoms with E-state index in [4.69, 9.17) is 9.15 Å². The van der Waals surface area contributed by atoms with Crippen molar-refractivity contribution in [2.45, 2.75) is 0 Å². The molecule has 2 heterocycles. The monoisotopic (exact) mass is 272 g/mol. The van der Waals surface area contributed by atoms with Crippen LogP contribution >= 0.6 is 0 Å². The number of furan rings is 1. The van der Waals surface area contributed by atoms with Gasteiger partial charge in [-0.3, -0.25) is 4.99 Å². The minimum Gasteiger partial charge on any atom is -0.508 e. The maximum absolute atomic E-state index is 9.37. The second-order valence-corrected chi connectivity index (χ2v) is 4.55. The molecule has 2 aromatic rings. The average Bonchev–Trinajstić information content (AvgIpc) is 2.95. The van der Waals surface area contributed by atoms with Crippen molar-refractivity contribution < 1.29 is 14.3 Å². The molecule has 20 heavy (non-hydrogen) atoms. The number of aromatic hydroxyl groups is 1. The van der Waals surface area contributed by atoms with Crippen LogP contribution in [0.5, 0.6) is 5.75 Å². The summed E-state index contributed by atoms with van der Waals surface area (Å²) < 4.78 is 11.0. The topological polar surface area (TPSA) is 58.2 Å². The lowest BCUT2D eigenvalue weighted by Gasteiger charge is -2.26. The van der Waals surface area contributed by atoms with Gasteiger partial charge in [0.15, 0.2) is 5.88 Å². The molecule has 0 amide bonds. The van der Waals surface area contributed by atoms with Crippen molar-refractivity contribution in [3.05, 3.63) is 42.2 Å². The Bertz CT molecular complexity index is 601. The summed E-state index contributed by atoms with van der Waals surface area (Å²) in [6, 6.07) is 10.6. The van der Waals surface area contributed by atoms with Crippen molar-refractivity contribution in [1.29, 1.82) is 0 Å². The number of phenolic OH excluding ortho intramolecular Hbond substituents is 1. The van der Waals surface area contributed by atoms with Crippen LogP contribution in [0.25, 0.3) is 0 Å². The van der Waals surface area contributed by atoms with E-state index in [1.54, 1.807) is 24.4 Å². The number of hydrogen-bond acceptors (Lipinski definition) is 5. The zero-order valence-electron chi connectivity index (χ0n) is 11.0. The number of benzene rings is 1. The molecule has 3 rings (SSSR count). The fourth-order valence-electron chi connectivity index (χ4n) is 2.08. The highest BCUT2D eigenvalue weighted by molar-refractivity contribution is 5.79. The Morgan fingerprint density at radius 1 is 1.15 bits per heavy atom. The van der Waals surface area contributed by atoms with Gasteiger partial charge in [-0.05, 0) is 18.2 Å². The number of rotatable bonds is 3. The number of aliphatic imine (C=N–C) groups is 1. The van der Waals surface area contributed by atoms with Crippen LogP contribution in [0, 0.1) is 0 Å². The molecule has 1 aliphatic rings. The van der Waals surface area contributed by atoms with Gasteiger partial charge in [-0.15, -0.1) is 0 Å². The highest BCUT2D eigenvalue weighted by atomic mass is 16.5. The number of anilines is 1. The standard InChI is InChI=1S/C15H16N2O3/c18-13-3-1-2-12(10-13)16-11-14-4-5-15(20-14)17-6-8-19-9-7-17/h1-5,10-11,18H,6-9H2. The van der Waals surface area contributed by atoms with E-state index in [0.29, 0.717) is 11.4 Å². The van der Waals surface area contributed by atoms with Gasteiger partial charge in [0.1, 0.15) is 11.5 Å². The molecule has 1 aromatic heterocycles. The van der Waals surface area contributed by atoms with Crippen LogP contribution in [0.2, 0.25) is 0 Å². The van der Waals surface area contributed by atoms with Crippen LogP contribution in [0.15, 0.2) is 45.8 Å². The van der Waals surface area contributed by atoms with Crippen LogP contribution < -0.4 is 4.90 Å². The molecule has 0 bridgehead atoms. The lowest BCUT2D eigenvalue weighted by Crippen LogP contribution is -2.35. The summed E-state index contributed by atoms with van der Waals surface area (Å²) in [6.07, 6.45) is 1.65. The fraction of sp³-hybridized carbons (Fsp3) is 0.267. The van der Waals surface area contributed by atoms with E-state index >= 15 is 0 Å². The molecule has 1 aliphatic heterocycles. The Labute approximate surface area is 117 Å². The van der Waals surface area contributed by atoms with Gasteiger partial charge in [0.25, 0.3) is 0 Å². The molecular formula is C15H16N2O3. The third kappa shape index (κ3) is 3.00. The SMILES string of the molecule is Oc1cccc(N=Cc2ccc(N3CCOCC3)o2)c1. The van der Waals surface area contributed by atoms with Crippen LogP contribution in [-0.4, -0.2) is 37.6 Å². The lowest BCUT2D eigenvalue weighted by atomic mass is 10.3. The first-order chi connectivity index (χ1) is 9.81. The van der Waals surface area contributed by atoms with Gasteiger partial charge < -0.3 is 19.2 Å². The zero-order chi connectivity index (χ0) is 13.8. The van der Waals surface area contributed by atoms with Crippen molar-refractivity contribution in [3.63, 3.8) is 0 Å². The van der Waals surface area contributed by atoms with E-state index < -0.39 is 0 Å². The Kier molecular flexibility index (Phi) is 3.69. The third-order valence-corrected chi connectivity index (χ3v) is 3.11. The Hall–Kier alpha value is -2.27. The van der Waals surface area contributed by atoms with Gasteiger partial charge in [0.05, 0.1) is 25.1 Å². The molecule has 0 aliphatic carbocycles.